The van der Waals surface area contributed by atoms with Crippen LogP contribution in [0.4, 0.5) is 5.82 Å². The first-order valence-electron chi connectivity index (χ1n) is 6.33. The van der Waals surface area contributed by atoms with Gasteiger partial charge in [-0.15, -0.1) is 0 Å². The molecule has 1 aromatic carbocycles. The summed E-state index contributed by atoms with van der Waals surface area (Å²) in [6.45, 7) is 3.82. The summed E-state index contributed by atoms with van der Waals surface area (Å²) >= 11 is 0. The molecule has 3 N–H and O–H groups in total. The van der Waals surface area contributed by atoms with E-state index in [-0.39, 0.29) is 0 Å². The number of aryl methyl sites for hydroxylation is 1. The molecule has 2 aromatic rings. The number of nitrogens with zero attached hydrogens (tertiary/aromatic N) is 2. The molecule has 0 atom stereocenters. The van der Waals surface area contributed by atoms with E-state index in [1.54, 1.807) is 6.20 Å². The van der Waals surface area contributed by atoms with Crippen molar-refractivity contribution in [3.8, 4) is 0 Å². The smallest absolute Gasteiger partial charge is 0.144 e. The molecule has 1 aromatic heterocycles. The Morgan fingerprint density at radius 3 is 2.79 bits per heavy atom. The number of rotatable bonds is 5. The zero-order valence-electron chi connectivity index (χ0n) is 11.4. The zero-order chi connectivity index (χ0) is 13.7. The number of pyridine rings is 1. The van der Waals surface area contributed by atoms with Crippen LogP contribution in [0, 0.1) is 6.92 Å². The number of nitrogens with one attached hydrogen (secondary N) is 1. The molecule has 100 valence electrons. The van der Waals surface area contributed by atoms with Crippen molar-refractivity contribution in [3.63, 3.8) is 0 Å². The van der Waals surface area contributed by atoms with Crippen LogP contribution in [0.1, 0.15) is 16.7 Å². The molecule has 1 heterocycles. The predicted molar refractivity (Wildman–Crippen MR) is 78.4 cm³/mol. The molecule has 0 spiro atoms. The van der Waals surface area contributed by atoms with E-state index in [0.717, 1.165) is 24.5 Å². The van der Waals surface area contributed by atoms with E-state index in [2.05, 4.69) is 53.5 Å². The largest absolute Gasteiger partial charge is 0.308 e. The second-order valence-corrected chi connectivity index (χ2v) is 4.82. The first-order valence-corrected chi connectivity index (χ1v) is 6.33. The van der Waals surface area contributed by atoms with E-state index in [4.69, 9.17) is 5.84 Å². The van der Waals surface area contributed by atoms with Crippen molar-refractivity contribution in [2.24, 2.45) is 5.84 Å². The topological polar surface area (TPSA) is 54.2 Å². The van der Waals surface area contributed by atoms with E-state index >= 15 is 0 Å². The molecule has 0 bridgehead atoms. The van der Waals surface area contributed by atoms with Crippen molar-refractivity contribution in [1.82, 2.24) is 9.88 Å². The molecule has 0 aliphatic rings. The van der Waals surface area contributed by atoms with Gasteiger partial charge in [0.25, 0.3) is 0 Å². The van der Waals surface area contributed by atoms with Crippen molar-refractivity contribution in [1.29, 1.82) is 0 Å². The summed E-state index contributed by atoms with van der Waals surface area (Å²) in [7, 11) is 2.09. The Kier molecular flexibility index (Phi) is 4.49. The number of benzene rings is 1. The van der Waals surface area contributed by atoms with E-state index < -0.39 is 0 Å². The van der Waals surface area contributed by atoms with Crippen molar-refractivity contribution in [2.45, 2.75) is 20.0 Å². The first-order chi connectivity index (χ1) is 9.19. The Morgan fingerprint density at radius 2 is 2.05 bits per heavy atom. The number of hydrogen-bond donors (Lipinski definition) is 2. The minimum Gasteiger partial charge on any atom is -0.308 e. The van der Waals surface area contributed by atoms with Gasteiger partial charge in [-0.1, -0.05) is 35.9 Å². The number of anilines is 1. The molecule has 0 amide bonds. The Balaban J connectivity index is 2.03. The van der Waals surface area contributed by atoms with Gasteiger partial charge in [0, 0.05) is 24.8 Å². The average Bonchev–Trinajstić information content (AvgIpc) is 2.39. The molecule has 0 unspecified atom stereocenters. The minimum atomic E-state index is 0.735. The van der Waals surface area contributed by atoms with Gasteiger partial charge in [0.05, 0.1) is 0 Å². The van der Waals surface area contributed by atoms with E-state index in [1.165, 1.54) is 11.1 Å². The fourth-order valence-electron chi connectivity index (χ4n) is 2.17. The van der Waals surface area contributed by atoms with Crippen LogP contribution in [-0.2, 0) is 13.1 Å². The Labute approximate surface area is 114 Å². The third-order valence-electron chi connectivity index (χ3n) is 3.00. The number of hydrazine groups is 1. The zero-order valence-corrected chi connectivity index (χ0v) is 11.4. The highest BCUT2D eigenvalue weighted by Gasteiger charge is 2.06. The lowest BCUT2D eigenvalue weighted by Crippen LogP contribution is -2.20. The lowest BCUT2D eigenvalue weighted by molar-refractivity contribution is 0.319. The van der Waals surface area contributed by atoms with Crippen LogP contribution in [0.3, 0.4) is 0 Å². The number of aromatic nitrogens is 1. The fraction of sp³-hybridized carbons (Fsp3) is 0.267. The summed E-state index contributed by atoms with van der Waals surface area (Å²) in [5, 5.41) is 0. The van der Waals surface area contributed by atoms with Gasteiger partial charge in [-0.05, 0) is 25.6 Å². The van der Waals surface area contributed by atoms with Crippen LogP contribution in [0.2, 0.25) is 0 Å². The van der Waals surface area contributed by atoms with Crippen LogP contribution in [0.25, 0.3) is 0 Å². The lowest BCUT2D eigenvalue weighted by Gasteiger charge is -2.18. The van der Waals surface area contributed by atoms with Gasteiger partial charge < -0.3 is 5.43 Å². The summed E-state index contributed by atoms with van der Waals surface area (Å²) in [6.07, 6.45) is 1.74. The highest BCUT2D eigenvalue weighted by molar-refractivity contribution is 5.42. The van der Waals surface area contributed by atoms with Gasteiger partial charge in [0.15, 0.2) is 0 Å². The van der Waals surface area contributed by atoms with E-state index in [1.807, 2.05) is 12.1 Å². The molecule has 0 radical (unpaired) electrons. The Morgan fingerprint density at radius 1 is 1.21 bits per heavy atom. The van der Waals surface area contributed by atoms with Gasteiger partial charge >= 0.3 is 0 Å². The van der Waals surface area contributed by atoms with Crippen molar-refractivity contribution >= 4 is 5.82 Å². The lowest BCUT2D eigenvalue weighted by atomic mass is 10.1. The normalized spacial score (nSPS) is 10.7. The molecule has 19 heavy (non-hydrogen) atoms. The molecule has 4 nitrogen and oxygen atoms in total. The second-order valence-electron chi connectivity index (χ2n) is 4.82. The molecule has 0 aliphatic carbocycles. The van der Waals surface area contributed by atoms with E-state index in [0.29, 0.717) is 0 Å². The van der Waals surface area contributed by atoms with Crippen LogP contribution in [0.5, 0.6) is 0 Å². The summed E-state index contributed by atoms with van der Waals surface area (Å²) in [6, 6.07) is 12.5. The summed E-state index contributed by atoms with van der Waals surface area (Å²) < 4.78 is 0. The quantitative estimate of drug-likeness (QED) is 0.636. The maximum absolute atomic E-state index is 5.47. The van der Waals surface area contributed by atoms with Crippen molar-refractivity contribution in [3.05, 3.63) is 59.3 Å². The summed E-state index contributed by atoms with van der Waals surface area (Å²) in [5.74, 6) is 6.20. The molecule has 0 saturated carbocycles. The molecule has 4 heteroatoms. The molecule has 0 saturated heterocycles. The SMILES string of the molecule is Cc1cccc(CN(C)Cc2cccnc2NN)c1. The van der Waals surface area contributed by atoms with Crippen LogP contribution >= 0.6 is 0 Å². The standard InChI is InChI=1S/C15H20N4/c1-12-5-3-6-13(9-12)10-19(2)11-14-7-4-8-17-15(14)18-16/h3-9H,10-11,16H2,1-2H3,(H,17,18). The highest BCUT2D eigenvalue weighted by atomic mass is 15.3. The monoisotopic (exact) mass is 256 g/mol. The van der Waals surface area contributed by atoms with E-state index in [9.17, 15) is 0 Å². The number of hydrogen-bond acceptors (Lipinski definition) is 4. The van der Waals surface area contributed by atoms with Crippen molar-refractivity contribution < 1.29 is 0 Å². The van der Waals surface area contributed by atoms with Crippen molar-refractivity contribution in [2.75, 3.05) is 12.5 Å². The molecule has 2 rings (SSSR count). The van der Waals surface area contributed by atoms with Crippen LogP contribution in [0.15, 0.2) is 42.6 Å². The number of nitrogen functional groups attached to an aromatic ring is 1. The van der Waals surface area contributed by atoms with Gasteiger partial charge in [-0.3, -0.25) is 4.90 Å². The Hall–Kier alpha value is -1.91. The maximum atomic E-state index is 5.47. The molecular weight excluding hydrogens is 236 g/mol. The third-order valence-corrected chi connectivity index (χ3v) is 3.00. The van der Waals surface area contributed by atoms with Crippen LogP contribution in [-0.4, -0.2) is 16.9 Å². The second kappa shape index (κ2) is 6.31. The first kappa shape index (κ1) is 13.5. The predicted octanol–water partition coefficient (Wildman–Crippen LogP) is 2.31. The third kappa shape index (κ3) is 3.77. The fourth-order valence-corrected chi connectivity index (χ4v) is 2.17. The van der Waals surface area contributed by atoms with Gasteiger partial charge in [-0.2, -0.15) is 0 Å². The number of nitrogens with two attached hydrogens (primary N) is 1. The minimum absolute atomic E-state index is 0.735. The summed E-state index contributed by atoms with van der Waals surface area (Å²) in [4.78, 5) is 6.45. The molecule has 0 fully saturated rings. The van der Waals surface area contributed by atoms with Gasteiger partial charge in [0.1, 0.15) is 5.82 Å². The molecule has 0 aliphatic heterocycles. The average molecular weight is 256 g/mol. The van der Waals surface area contributed by atoms with Crippen LogP contribution < -0.4 is 11.3 Å². The van der Waals surface area contributed by atoms with Gasteiger partial charge in [0.2, 0.25) is 0 Å². The highest BCUT2D eigenvalue weighted by Crippen LogP contribution is 2.14. The molecular formula is C15H20N4. The van der Waals surface area contributed by atoms with Gasteiger partial charge in [-0.25, -0.2) is 10.8 Å². The maximum Gasteiger partial charge on any atom is 0.144 e. The summed E-state index contributed by atoms with van der Waals surface area (Å²) in [5.41, 5.74) is 6.34. The Bertz CT molecular complexity index is 539.